The Kier molecular flexibility index (Phi) is 6.97. The molecular weight excluding hydrogens is 480 g/mol. The van der Waals surface area contributed by atoms with E-state index in [1.54, 1.807) is 0 Å². The van der Waals surface area contributed by atoms with Crippen LogP contribution in [-0.2, 0) is 14.9 Å². The number of amides is 1. The molecule has 0 atom stereocenters. The summed E-state index contributed by atoms with van der Waals surface area (Å²) in [6.45, 7) is 7.43. The van der Waals surface area contributed by atoms with Gasteiger partial charge in [-0.3, -0.25) is 0 Å². The van der Waals surface area contributed by atoms with Crippen molar-refractivity contribution in [1.82, 2.24) is 10.2 Å². The Morgan fingerprint density at radius 3 is 2.19 bits per heavy atom. The van der Waals surface area contributed by atoms with E-state index in [1.807, 2.05) is 24.3 Å². The lowest BCUT2D eigenvalue weighted by Gasteiger charge is -2.34. The number of aromatic nitrogens is 2. The van der Waals surface area contributed by atoms with Crippen molar-refractivity contribution in [3.05, 3.63) is 59.7 Å². The largest absolute Gasteiger partial charge is 0.490 e. The highest BCUT2D eigenvalue weighted by atomic mass is 32.1. The minimum atomic E-state index is -0.734. The van der Waals surface area contributed by atoms with Gasteiger partial charge in [-0.1, -0.05) is 43.2 Å². The van der Waals surface area contributed by atoms with E-state index in [4.69, 9.17) is 24.7 Å². The molecule has 1 saturated heterocycles. The number of carbonyl (C=O) groups is 1. The van der Waals surface area contributed by atoms with Gasteiger partial charge in [-0.2, -0.15) is 0 Å². The number of morpholine rings is 1. The highest BCUT2D eigenvalue weighted by molar-refractivity contribution is 7.17. The second kappa shape index (κ2) is 10.3. The molecular formula is C26H30N4O5S. The number of anilines is 1. The number of hydrogen-bond acceptors (Lipinski definition) is 9. The Labute approximate surface area is 214 Å². The highest BCUT2D eigenvalue weighted by Crippen LogP contribution is 2.36. The van der Waals surface area contributed by atoms with E-state index in [2.05, 4.69) is 53.2 Å². The summed E-state index contributed by atoms with van der Waals surface area (Å²) in [5.74, 6) is 1.52. The summed E-state index contributed by atoms with van der Waals surface area (Å²) in [6.07, 6.45) is 0.490. The van der Waals surface area contributed by atoms with Crippen molar-refractivity contribution in [3.63, 3.8) is 0 Å². The summed E-state index contributed by atoms with van der Waals surface area (Å²) in [7, 11) is 0. The number of primary amides is 1. The monoisotopic (exact) mass is 510 g/mol. The average Bonchev–Trinajstić information content (AvgIpc) is 3.32. The molecule has 1 saturated carbocycles. The quantitative estimate of drug-likeness (QED) is 0.472. The molecule has 1 aromatic heterocycles. The molecule has 5 rings (SSSR count). The molecule has 9 nitrogen and oxygen atoms in total. The Hall–Kier alpha value is -3.37. The molecule has 1 amide bonds. The minimum absolute atomic E-state index is 0.0405. The van der Waals surface area contributed by atoms with E-state index >= 15 is 0 Å². The van der Waals surface area contributed by atoms with Gasteiger partial charge in [0.25, 0.3) is 0 Å². The first kappa shape index (κ1) is 24.3. The molecule has 2 aromatic carbocycles. The summed E-state index contributed by atoms with van der Waals surface area (Å²) in [4.78, 5) is 13.0. The zero-order valence-corrected chi connectivity index (χ0v) is 21.2. The van der Waals surface area contributed by atoms with Crippen LogP contribution in [0.2, 0.25) is 0 Å². The third-order valence-electron chi connectivity index (χ3n) is 6.67. The zero-order valence-electron chi connectivity index (χ0n) is 20.4. The van der Waals surface area contributed by atoms with Crippen LogP contribution >= 0.6 is 11.3 Å². The van der Waals surface area contributed by atoms with E-state index in [0.717, 1.165) is 29.7 Å². The number of rotatable bonds is 8. The van der Waals surface area contributed by atoms with E-state index in [-0.39, 0.29) is 17.6 Å². The number of hydrogen-bond donors (Lipinski definition) is 1. The fraction of sp³-hybridized carbons (Fsp3) is 0.423. The molecule has 2 aliphatic rings. The van der Waals surface area contributed by atoms with E-state index < -0.39 is 6.09 Å². The van der Waals surface area contributed by atoms with E-state index in [1.165, 1.54) is 22.5 Å². The van der Waals surface area contributed by atoms with Gasteiger partial charge >= 0.3 is 11.3 Å². The first-order chi connectivity index (χ1) is 17.4. The highest BCUT2D eigenvalue weighted by Gasteiger charge is 2.33. The number of nitrogens with two attached hydrogens (primary N) is 1. The maximum absolute atomic E-state index is 10.8. The van der Waals surface area contributed by atoms with Crippen LogP contribution in [0, 0.1) is 0 Å². The molecule has 190 valence electrons. The molecule has 0 unspecified atom stereocenters. The lowest BCUT2D eigenvalue weighted by Crippen LogP contribution is -2.41. The van der Waals surface area contributed by atoms with Crippen molar-refractivity contribution in [1.29, 1.82) is 0 Å². The maximum Gasteiger partial charge on any atom is 0.404 e. The molecule has 2 fully saturated rings. The predicted octanol–water partition coefficient (Wildman–Crippen LogP) is 4.50. The normalized spacial score (nSPS) is 19.9. The average molecular weight is 511 g/mol. The van der Waals surface area contributed by atoms with Gasteiger partial charge in [-0.05, 0) is 46.7 Å². The third-order valence-corrected chi connectivity index (χ3v) is 7.53. The summed E-state index contributed by atoms with van der Waals surface area (Å²) >= 11 is 1.44. The van der Waals surface area contributed by atoms with Crippen molar-refractivity contribution in [2.24, 2.45) is 5.73 Å². The molecule has 1 aliphatic heterocycles. The van der Waals surface area contributed by atoms with Crippen molar-refractivity contribution in [3.8, 4) is 16.7 Å². The van der Waals surface area contributed by atoms with Crippen LogP contribution in [0.5, 0.6) is 16.7 Å². The van der Waals surface area contributed by atoms with Gasteiger partial charge < -0.3 is 29.6 Å². The molecule has 36 heavy (non-hydrogen) atoms. The van der Waals surface area contributed by atoms with Gasteiger partial charge in [0, 0.05) is 31.3 Å². The number of benzene rings is 2. The lowest BCUT2D eigenvalue weighted by molar-refractivity contribution is -0.0197. The summed E-state index contributed by atoms with van der Waals surface area (Å²) in [5.41, 5.74) is 7.19. The molecule has 1 aliphatic carbocycles. The molecule has 2 heterocycles. The van der Waals surface area contributed by atoms with Crippen LogP contribution in [0.4, 0.5) is 9.93 Å². The van der Waals surface area contributed by atoms with Crippen molar-refractivity contribution >= 4 is 22.6 Å². The summed E-state index contributed by atoms with van der Waals surface area (Å²) in [5, 5.41) is 9.83. The first-order valence-electron chi connectivity index (χ1n) is 12.0. The first-order valence-corrected chi connectivity index (χ1v) is 12.9. The lowest BCUT2D eigenvalue weighted by atomic mass is 9.78. The van der Waals surface area contributed by atoms with Crippen molar-refractivity contribution in [2.75, 3.05) is 31.2 Å². The van der Waals surface area contributed by atoms with Crippen LogP contribution < -0.4 is 20.1 Å². The topological polar surface area (TPSA) is 109 Å². The summed E-state index contributed by atoms with van der Waals surface area (Å²) in [6, 6.07) is 16.2. The molecule has 3 aromatic rings. The van der Waals surface area contributed by atoms with Gasteiger partial charge in [-0.25, -0.2) is 4.79 Å². The fourth-order valence-corrected chi connectivity index (χ4v) is 5.12. The van der Waals surface area contributed by atoms with Gasteiger partial charge in [0.1, 0.15) is 23.7 Å². The van der Waals surface area contributed by atoms with Gasteiger partial charge in [-0.15, -0.1) is 5.10 Å². The van der Waals surface area contributed by atoms with E-state index in [9.17, 15) is 4.79 Å². The predicted molar refractivity (Wildman–Crippen MR) is 136 cm³/mol. The van der Waals surface area contributed by atoms with Gasteiger partial charge in [0.15, 0.2) is 0 Å². The van der Waals surface area contributed by atoms with Gasteiger partial charge in [0.2, 0.25) is 5.13 Å². The Bertz CT molecular complexity index is 1170. The molecule has 0 bridgehead atoms. The standard InChI is InChI=1S/C26H30N4O5S/c1-26(2,17-3-7-19(8-4-17)33-21-15-22(16-21)34-23(27)31)18-5-9-20(10-6-18)35-25-29-28-24(36-25)30-11-13-32-14-12-30/h3-10,21-22H,11-16H2,1-2H3,(H2,27,31). The number of ether oxygens (including phenoxy) is 4. The second-order valence-electron chi connectivity index (χ2n) is 9.50. The molecule has 0 radical (unpaired) electrons. The molecule has 2 N–H and O–H groups in total. The Morgan fingerprint density at radius 2 is 1.58 bits per heavy atom. The number of carbonyl (C=O) groups excluding carboxylic acids is 1. The Morgan fingerprint density at radius 1 is 0.972 bits per heavy atom. The smallest absolute Gasteiger partial charge is 0.404 e. The second-order valence-corrected chi connectivity index (χ2v) is 10.4. The fourth-order valence-electron chi connectivity index (χ4n) is 4.35. The zero-order chi connectivity index (χ0) is 25.1. The Balaban J connectivity index is 1.17. The summed E-state index contributed by atoms with van der Waals surface area (Å²) < 4.78 is 22.3. The van der Waals surface area contributed by atoms with Crippen LogP contribution in [0.25, 0.3) is 0 Å². The van der Waals surface area contributed by atoms with Crippen molar-refractivity contribution in [2.45, 2.75) is 44.3 Å². The van der Waals surface area contributed by atoms with Crippen LogP contribution in [0.1, 0.15) is 37.8 Å². The minimum Gasteiger partial charge on any atom is -0.490 e. The third kappa shape index (κ3) is 5.55. The van der Waals surface area contributed by atoms with E-state index in [0.29, 0.717) is 31.2 Å². The maximum atomic E-state index is 10.8. The van der Waals surface area contributed by atoms with Crippen LogP contribution in [0.15, 0.2) is 48.5 Å². The SMILES string of the molecule is CC(C)(c1ccc(Oc2nnc(N3CCOCC3)s2)cc1)c1ccc(OC2CC(OC(N)=O)C2)cc1. The van der Waals surface area contributed by atoms with Gasteiger partial charge in [0.05, 0.1) is 13.2 Å². The molecule has 0 spiro atoms. The van der Waals surface area contributed by atoms with Crippen LogP contribution in [-0.4, -0.2) is 54.8 Å². The molecule has 10 heteroatoms. The number of nitrogens with zero attached hydrogens (tertiary/aromatic N) is 3. The van der Waals surface area contributed by atoms with Crippen LogP contribution in [0.3, 0.4) is 0 Å². The van der Waals surface area contributed by atoms with Crippen molar-refractivity contribution < 1.29 is 23.7 Å².